The molecule has 0 aliphatic heterocycles. The van der Waals surface area contributed by atoms with Gasteiger partial charge >= 0.3 is 0 Å². The number of carbonyl (C=O) groups is 1. The summed E-state index contributed by atoms with van der Waals surface area (Å²) in [6, 6.07) is 10.3. The lowest BCUT2D eigenvalue weighted by molar-refractivity contribution is -0.114. The van der Waals surface area contributed by atoms with E-state index in [1.54, 1.807) is 0 Å². The van der Waals surface area contributed by atoms with Gasteiger partial charge in [0.25, 0.3) is 0 Å². The number of aliphatic hydroxyl groups is 1. The van der Waals surface area contributed by atoms with Gasteiger partial charge in [0.15, 0.2) is 0 Å². The standard InChI is InChI=1S/C7H8.C3H6O.CH4O/c1-7-5-3-2-4-6-7;1-3(2)4;1-2/h2-6H,1H3;1-2H3;2H,1H3. The van der Waals surface area contributed by atoms with Gasteiger partial charge in [-0.15, -0.1) is 0 Å². The molecule has 0 aliphatic carbocycles. The van der Waals surface area contributed by atoms with E-state index in [9.17, 15) is 4.79 Å². The van der Waals surface area contributed by atoms with E-state index in [2.05, 4.69) is 19.1 Å². The van der Waals surface area contributed by atoms with E-state index in [-0.39, 0.29) is 5.78 Å². The summed E-state index contributed by atoms with van der Waals surface area (Å²) in [7, 11) is 1.00. The average molecular weight is 182 g/mol. The van der Waals surface area contributed by atoms with Crippen molar-refractivity contribution in [3.63, 3.8) is 0 Å². The van der Waals surface area contributed by atoms with Crippen LogP contribution in [0.1, 0.15) is 19.4 Å². The molecule has 2 nitrogen and oxygen atoms in total. The first-order valence-corrected chi connectivity index (χ1v) is 4.06. The van der Waals surface area contributed by atoms with E-state index in [0.29, 0.717) is 0 Å². The molecule has 0 amide bonds. The molecule has 0 aliphatic rings. The van der Waals surface area contributed by atoms with Crippen molar-refractivity contribution in [2.24, 2.45) is 0 Å². The zero-order valence-corrected chi connectivity index (χ0v) is 8.74. The van der Waals surface area contributed by atoms with Crippen molar-refractivity contribution < 1.29 is 9.90 Å². The van der Waals surface area contributed by atoms with Crippen molar-refractivity contribution in [1.29, 1.82) is 0 Å². The topological polar surface area (TPSA) is 37.3 Å². The number of aliphatic hydroxyl groups excluding tert-OH is 1. The second-order valence-electron chi connectivity index (χ2n) is 2.56. The number of ketones is 1. The highest BCUT2D eigenvalue weighted by Gasteiger charge is 1.72. The fourth-order valence-electron chi connectivity index (χ4n) is 0.534. The zero-order chi connectivity index (χ0) is 10.7. The first-order chi connectivity index (χ1) is 6.13. The van der Waals surface area contributed by atoms with E-state index >= 15 is 0 Å². The van der Waals surface area contributed by atoms with Crippen LogP contribution in [0.2, 0.25) is 0 Å². The van der Waals surface area contributed by atoms with E-state index in [1.807, 2.05) is 18.2 Å². The van der Waals surface area contributed by atoms with Crippen LogP contribution >= 0.6 is 0 Å². The summed E-state index contributed by atoms with van der Waals surface area (Å²) >= 11 is 0. The molecule has 0 saturated heterocycles. The molecular formula is C11H18O2. The van der Waals surface area contributed by atoms with Crippen LogP contribution in [0.4, 0.5) is 0 Å². The van der Waals surface area contributed by atoms with Crippen molar-refractivity contribution in [2.45, 2.75) is 20.8 Å². The third-order valence-electron chi connectivity index (χ3n) is 0.940. The molecular weight excluding hydrogens is 164 g/mol. The molecule has 0 atom stereocenters. The molecule has 1 aromatic carbocycles. The van der Waals surface area contributed by atoms with Crippen LogP contribution in [0.5, 0.6) is 0 Å². The van der Waals surface area contributed by atoms with Gasteiger partial charge in [0.2, 0.25) is 0 Å². The van der Waals surface area contributed by atoms with Gasteiger partial charge in [-0.1, -0.05) is 35.9 Å². The highest BCUT2D eigenvalue weighted by molar-refractivity contribution is 5.72. The molecule has 1 rings (SSSR count). The van der Waals surface area contributed by atoms with Crippen LogP contribution in [-0.4, -0.2) is 18.0 Å². The Balaban J connectivity index is 0. The Bertz CT molecular complexity index is 201. The maximum Gasteiger partial charge on any atom is 0.126 e. The Hall–Kier alpha value is -1.15. The molecule has 0 fully saturated rings. The Morgan fingerprint density at radius 1 is 1.08 bits per heavy atom. The highest BCUT2D eigenvalue weighted by Crippen LogP contribution is 1.92. The summed E-state index contributed by atoms with van der Waals surface area (Å²) in [4.78, 5) is 9.44. The summed E-state index contributed by atoms with van der Waals surface area (Å²) < 4.78 is 0. The van der Waals surface area contributed by atoms with Crippen LogP contribution in [0.3, 0.4) is 0 Å². The molecule has 13 heavy (non-hydrogen) atoms. The maximum absolute atomic E-state index is 9.44. The Morgan fingerprint density at radius 3 is 1.54 bits per heavy atom. The van der Waals surface area contributed by atoms with Crippen molar-refractivity contribution in [3.05, 3.63) is 35.9 Å². The van der Waals surface area contributed by atoms with E-state index in [4.69, 9.17) is 5.11 Å². The monoisotopic (exact) mass is 182 g/mol. The number of Topliss-reactive ketones (excluding diaryl/α,β-unsaturated/α-hetero) is 1. The molecule has 0 saturated carbocycles. The molecule has 0 heterocycles. The minimum Gasteiger partial charge on any atom is -0.400 e. The minimum absolute atomic E-state index is 0.167. The predicted molar refractivity (Wildman–Crippen MR) is 55.7 cm³/mol. The molecule has 0 spiro atoms. The van der Waals surface area contributed by atoms with Crippen LogP contribution < -0.4 is 0 Å². The molecule has 0 bridgehead atoms. The van der Waals surface area contributed by atoms with Gasteiger partial charge < -0.3 is 9.90 Å². The van der Waals surface area contributed by atoms with Gasteiger partial charge in [0, 0.05) is 7.11 Å². The Morgan fingerprint density at radius 2 is 1.38 bits per heavy atom. The maximum atomic E-state index is 9.44. The van der Waals surface area contributed by atoms with Gasteiger partial charge in [-0.3, -0.25) is 0 Å². The first-order valence-electron chi connectivity index (χ1n) is 4.06. The predicted octanol–water partition coefficient (Wildman–Crippen LogP) is 2.20. The molecule has 74 valence electrons. The summed E-state index contributed by atoms with van der Waals surface area (Å²) in [5.41, 5.74) is 1.32. The van der Waals surface area contributed by atoms with Crippen LogP contribution in [0.25, 0.3) is 0 Å². The number of carbonyl (C=O) groups excluding carboxylic acids is 1. The number of aryl methyl sites for hydroxylation is 1. The zero-order valence-electron chi connectivity index (χ0n) is 8.74. The molecule has 2 heteroatoms. The first kappa shape index (κ1) is 14.4. The number of hydrogen-bond donors (Lipinski definition) is 1. The van der Waals surface area contributed by atoms with Crippen molar-refractivity contribution in [1.82, 2.24) is 0 Å². The molecule has 0 aromatic heterocycles. The van der Waals surface area contributed by atoms with E-state index < -0.39 is 0 Å². The van der Waals surface area contributed by atoms with E-state index in [1.165, 1.54) is 19.4 Å². The third kappa shape index (κ3) is 18.1. The second kappa shape index (κ2) is 10.8. The minimum atomic E-state index is 0.167. The number of hydrogen-bond acceptors (Lipinski definition) is 2. The number of rotatable bonds is 0. The highest BCUT2D eigenvalue weighted by atomic mass is 16.2. The normalized spacial score (nSPS) is 7.15. The van der Waals surface area contributed by atoms with E-state index in [0.717, 1.165) is 7.11 Å². The Labute approximate surface area is 80.2 Å². The van der Waals surface area contributed by atoms with Crippen LogP contribution in [-0.2, 0) is 4.79 Å². The largest absolute Gasteiger partial charge is 0.400 e. The van der Waals surface area contributed by atoms with Crippen LogP contribution in [0, 0.1) is 6.92 Å². The quantitative estimate of drug-likeness (QED) is 0.668. The van der Waals surface area contributed by atoms with Gasteiger partial charge in [0.05, 0.1) is 0 Å². The average Bonchev–Trinajstić information content (AvgIpc) is 2.08. The summed E-state index contributed by atoms with van der Waals surface area (Å²) in [5, 5.41) is 7.00. The van der Waals surface area contributed by atoms with Crippen molar-refractivity contribution in [2.75, 3.05) is 7.11 Å². The van der Waals surface area contributed by atoms with Gasteiger partial charge in [-0.25, -0.2) is 0 Å². The van der Waals surface area contributed by atoms with Gasteiger partial charge in [0.1, 0.15) is 5.78 Å². The lowest BCUT2D eigenvalue weighted by Crippen LogP contribution is -1.69. The molecule has 1 aromatic rings. The second-order valence-corrected chi connectivity index (χ2v) is 2.56. The van der Waals surface area contributed by atoms with Crippen LogP contribution in [0.15, 0.2) is 30.3 Å². The lowest BCUT2D eigenvalue weighted by atomic mass is 10.2. The smallest absolute Gasteiger partial charge is 0.126 e. The number of benzene rings is 1. The molecule has 0 radical (unpaired) electrons. The summed E-state index contributed by atoms with van der Waals surface area (Å²) in [6.07, 6.45) is 0. The van der Waals surface area contributed by atoms with Crippen molar-refractivity contribution in [3.8, 4) is 0 Å². The molecule has 1 N–H and O–H groups in total. The van der Waals surface area contributed by atoms with Crippen molar-refractivity contribution >= 4 is 5.78 Å². The lowest BCUT2D eigenvalue weighted by Gasteiger charge is -1.82. The SMILES string of the molecule is CC(C)=O.CO.Cc1ccccc1. The third-order valence-corrected chi connectivity index (χ3v) is 0.940. The van der Waals surface area contributed by atoms with Gasteiger partial charge in [-0.2, -0.15) is 0 Å². The Kier molecular flexibility index (Phi) is 12.0. The van der Waals surface area contributed by atoms with Gasteiger partial charge in [-0.05, 0) is 20.8 Å². The summed E-state index contributed by atoms with van der Waals surface area (Å²) in [5.74, 6) is 0.167. The fourth-order valence-corrected chi connectivity index (χ4v) is 0.534. The molecule has 0 unspecified atom stereocenters. The summed E-state index contributed by atoms with van der Waals surface area (Å²) in [6.45, 7) is 5.14. The fraction of sp³-hybridized carbons (Fsp3) is 0.364.